The second kappa shape index (κ2) is 8.34. The predicted octanol–water partition coefficient (Wildman–Crippen LogP) is 5.47. The van der Waals surface area contributed by atoms with Crippen molar-refractivity contribution in [3.05, 3.63) is 46.7 Å². The van der Waals surface area contributed by atoms with Crippen LogP contribution in [0.5, 0.6) is 0 Å². The number of hydrogen-bond donors (Lipinski definition) is 0. The highest BCUT2D eigenvalue weighted by Gasteiger charge is 2.44. The van der Waals surface area contributed by atoms with Gasteiger partial charge in [0.25, 0.3) is 0 Å². The maximum absolute atomic E-state index is 14.0. The lowest BCUT2D eigenvalue weighted by Gasteiger charge is -2.33. The lowest BCUT2D eigenvalue weighted by atomic mass is 9.80. The maximum atomic E-state index is 14.0. The smallest absolute Gasteiger partial charge is 0.334 e. The number of nitrogens with zero attached hydrogens (tertiary/aromatic N) is 1. The van der Waals surface area contributed by atoms with Crippen LogP contribution >= 0.6 is 15.9 Å². The van der Waals surface area contributed by atoms with Crippen LogP contribution in [0.1, 0.15) is 31.2 Å². The molecule has 0 heterocycles. The Morgan fingerprint density at radius 2 is 2.08 bits per heavy atom. The molecule has 1 fully saturated rings. The summed E-state index contributed by atoms with van der Waals surface area (Å²) in [6.45, 7) is 3.75. The molecule has 2 atom stereocenters. The second-order valence-electron chi connectivity index (χ2n) is 6.35. The number of amides is 1. The van der Waals surface area contributed by atoms with E-state index in [0.29, 0.717) is 22.9 Å². The van der Waals surface area contributed by atoms with Crippen molar-refractivity contribution in [2.75, 3.05) is 6.54 Å². The van der Waals surface area contributed by atoms with Gasteiger partial charge >= 0.3 is 6.18 Å². The summed E-state index contributed by atoms with van der Waals surface area (Å²) in [4.78, 5) is 14.1. The number of carbonyl (C=O) groups is 1. The van der Waals surface area contributed by atoms with Crippen molar-refractivity contribution >= 4 is 21.8 Å². The van der Waals surface area contributed by atoms with Gasteiger partial charge in [-0.15, -0.1) is 6.58 Å². The average molecular weight is 422 g/mol. The molecule has 0 saturated heterocycles. The summed E-state index contributed by atoms with van der Waals surface area (Å²) in [5, 5.41) is 0. The molecule has 1 amide bonds. The van der Waals surface area contributed by atoms with E-state index in [4.69, 9.17) is 0 Å². The van der Waals surface area contributed by atoms with Gasteiger partial charge in [-0.1, -0.05) is 28.4 Å². The van der Waals surface area contributed by atoms with Gasteiger partial charge in [-0.25, -0.2) is 4.39 Å². The largest absolute Gasteiger partial charge is 0.391 e. The molecule has 1 saturated carbocycles. The van der Waals surface area contributed by atoms with Gasteiger partial charge in [0.15, 0.2) is 0 Å². The Bertz CT molecular complexity index is 632. The molecular weight excluding hydrogens is 402 g/mol. The number of benzene rings is 1. The number of carbonyl (C=O) groups excluding carboxylic acids is 1. The van der Waals surface area contributed by atoms with Crippen molar-refractivity contribution in [1.82, 2.24) is 4.90 Å². The van der Waals surface area contributed by atoms with Crippen LogP contribution in [-0.2, 0) is 11.3 Å². The van der Waals surface area contributed by atoms with E-state index in [-0.39, 0.29) is 31.8 Å². The van der Waals surface area contributed by atoms with E-state index >= 15 is 0 Å². The van der Waals surface area contributed by atoms with Crippen LogP contribution in [0.4, 0.5) is 17.6 Å². The zero-order valence-corrected chi connectivity index (χ0v) is 15.2. The van der Waals surface area contributed by atoms with E-state index < -0.39 is 23.8 Å². The summed E-state index contributed by atoms with van der Waals surface area (Å²) in [5.41, 5.74) is 0.313. The molecule has 0 radical (unpaired) electrons. The summed E-state index contributed by atoms with van der Waals surface area (Å²) in [6.07, 6.45) is -2.11. The fourth-order valence-corrected chi connectivity index (χ4v) is 3.64. The van der Waals surface area contributed by atoms with Crippen molar-refractivity contribution in [3.63, 3.8) is 0 Å². The molecule has 1 aliphatic rings. The SMILES string of the molecule is C=CCN(Cc1cc(Br)ccc1F)C(=O)C1CCCC(C(F)(F)F)C1. The Kier molecular flexibility index (Phi) is 6.65. The van der Waals surface area contributed by atoms with Crippen LogP contribution in [-0.4, -0.2) is 23.5 Å². The normalized spacial score (nSPS) is 21.0. The molecule has 2 rings (SSSR count). The molecule has 138 valence electrons. The van der Waals surface area contributed by atoms with Gasteiger partial charge in [0.1, 0.15) is 5.82 Å². The second-order valence-corrected chi connectivity index (χ2v) is 7.26. The van der Waals surface area contributed by atoms with Crippen molar-refractivity contribution in [3.8, 4) is 0 Å². The van der Waals surface area contributed by atoms with Crippen LogP contribution in [0.3, 0.4) is 0 Å². The van der Waals surface area contributed by atoms with E-state index in [9.17, 15) is 22.4 Å². The molecule has 0 N–H and O–H groups in total. The first kappa shape index (κ1) is 19.9. The first-order chi connectivity index (χ1) is 11.7. The highest BCUT2D eigenvalue weighted by molar-refractivity contribution is 9.10. The Hall–Kier alpha value is -1.37. The zero-order valence-electron chi connectivity index (χ0n) is 13.7. The predicted molar refractivity (Wildman–Crippen MR) is 91.2 cm³/mol. The molecule has 0 bridgehead atoms. The van der Waals surface area contributed by atoms with Gasteiger partial charge in [-0.3, -0.25) is 4.79 Å². The number of rotatable bonds is 5. The molecule has 1 aromatic rings. The molecule has 1 aliphatic carbocycles. The maximum Gasteiger partial charge on any atom is 0.391 e. The van der Waals surface area contributed by atoms with E-state index in [1.165, 1.54) is 17.0 Å². The standard InChI is InChI=1S/C18H20BrF4NO/c1-2-8-24(11-13-10-15(19)6-7-16(13)20)17(25)12-4-3-5-14(9-12)18(21,22)23/h2,6-7,10,12,14H,1,3-5,8-9,11H2. The number of alkyl halides is 3. The summed E-state index contributed by atoms with van der Waals surface area (Å²) >= 11 is 3.25. The molecular formula is C18H20BrF4NO. The van der Waals surface area contributed by atoms with Crippen LogP contribution in [0.25, 0.3) is 0 Å². The third kappa shape index (κ3) is 5.30. The Morgan fingerprint density at radius 3 is 2.72 bits per heavy atom. The van der Waals surface area contributed by atoms with Gasteiger partial charge in [0.05, 0.1) is 5.92 Å². The molecule has 2 unspecified atom stereocenters. The summed E-state index contributed by atoms with van der Waals surface area (Å²) in [5.74, 6) is -2.95. The molecule has 0 aromatic heterocycles. The third-order valence-corrected chi connectivity index (χ3v) is 5.01. The van der Waals surface area contributed by atoms with E-state index in [1.807, 2.05) is 0 Å². The number of hydrogen-bond acceptors (Lipinski definition) is 1. The summed E-state index contributed by atoms with van der Waals surface area (Å²) < 4.78 is 53.6. The van der Waals surface area contributed by atoms with Gasteiger partial charge in [-0.2, -0.15) is 13.2 Å². The zero-order chi connectivity index (χ0) is 18.6. The van der Waals surface area contributed by atoms with Crippen LogP contribution in [0, 0.1) is 17.7 Å². The van der Waals surface area contributed by atoms with Crippen molar-refractivity contribution in [2.24, 2.45) is 11.8 Å². The summed E-state index contributed by atoms with van der Waals surface area (Å²) in [6, 6.07) is 4.40. The first-order valence-corrected chi connectivity index (χ1v) is 8.92. The summed E-state index contributed by atoms with van der Waals surface area (Å²) in [7, 11) is 0. The molecule has 0 aliphatic heterocycles. The Morgan fingerprint density at radius 1 is 1.36 bits per heavy atom. The highest BCUT2D eigenvalue weighted by Crippen LogP contribution is 2.40. The molecule has 2 nitrogen and oxygen atoms in total. The van der Waals surface area contributed by atoms with Crippen LogP contribution in [0.2, 0.25) is 0 Å². The lowest BCUT2D eigenvalue weighted by Crippen LogP contribution is -2.40. The van der Waals surface area contributed by atoms with Gasteiger partial charge in [0, 0.05) is 29.0 Å². The van der Waals surface area contributed by atoms with Crippen LogP contribution < -0.4 is 0 Å². The Labute approximate surface area is 153 Å². The lowest BCUT2D eigenvalue weighted by molar-refractivity contribution is -0.187. The minimum Gasteiger partial charge on any atom is -0.334 e. The molecule has 1 aromatic carbocycles. The monoisotopic (exact) mass is 421 g/mol. The van der Waals surface area contributed by atoms with Crippen molar-refractivity contribution < 1.29 is 22.4 Å². The minimum absolute atomic E-state index is 0.00328. The Balaban J connectivity index is 2.14. The average Bonchev–Trinajstić information content (AvgIpc) is 2.56. The van der Waals surface area contributed by atoms with Crippen molar-refractivity contribution in [2.45, 2.75) is 38.4 Å². The topological polar surface area (TPSA) is 20.3 Å². The van der Waals surface area contributed by atoms with Gasteiger partial charge in [-0.05, 0) is 37.5 Å². The fourth-order valence-electron chi connectivity index (χ4n) is 3.23. The molecule has 25 heavy (non-hydrogen) atoms. The van der Waals surface area contributed by atoms with E-state index in [2.05, 4.69) is 22.5 Å². The number of halogens is 5. The van der Waals surface area contributed by atoms with Crippen LogP contribution in [0.15, 0.2) is 35.3 Å². The minimum atomic E-state index is -4.28. The van der Waals surface area contributed by atoms with Gasteiger partial charge < -0.3 is 4.90 Å². The van der Waals surface area contributed by atoms with E-state index in [0.717, 1.165) is 0 Å². The quantitative estimate of drug-likeness (QED) is 0.455. The highest BCUT2D eigenvalue weighted by atomic mass is 79.9. The van der Waals surface area contributed by atoms with Gasteiger partial charge in [0.2, 0.25) is 5.91 Å². The van der Waals surface area contributed by atoms with E-state index in [1.54, 1.807) is 12.1 Å². The third-order valence-electron chi connectivity index (χ3n) is 4.52. The molecule has 0 spiro atoms. The molecule has 7 heteroatoms. The fraction of sp³-hybridized carbons (Fsp3) is 0.500. The van der Waals surface area contributed by atoms with Crippen molar-refractivity contribution in [1.29, 1.82) is 0 Å². The first-order valence-electron chi connectivity index (χ1n) is 8.12.